The Labute approximate surface area is 79.3 Å². The molecule has 0 aliphatic rings. The first-order valence-corrected chi connectivity index (χ1v) is 4.67. The van der Waals surface area contributed by atoms with Crippen LogP contribution in [0.3, 0.4) is 0 Å². The molecule has 1 atom stereocenters. The molecule has 0 saturated carbocycles. The zero-order valence-corrected chi connectivity index (χ0v) is 8.38. The molecule has 0 aliphatic carbocycles. The maximum absolute atomic E-state index is 10.6. The van der Waals surface area contributed by atoms with E-state index in [-0.39, 0.29) is 6.61 Å². The maximum atomic E-state index is 10.6. The minimum Gasteiger partial charge on any atom is -0.480 e. The summed E-state index contributed by atoms with van der Waals surface area (Å²) in [6.07, 6.45) is 3.29. The Hall–Kier alpha value is -0.610. The zero-order valence-electron chi connectivity index (χ0n) is 8.38. The van der Waals surface area contributed by atoms with Crippen molar-refractivity contribution < 1.29 is 14.6 Å². The lowest BCUT2D eigenvalue weighted by molar-refractivity contribution is -0.140. The normalized spacial score (nSPS) is 12.8. The number of carbonyl (C=O) groups is 1. The molecule has 1 unspecified atom stereocenters. The van der Waals surface area contributed by atoms with E-state index in [4.69, 9.17) is 9.84 Å². The fourth-order valence-corrected chi connectivity index (χ4v) is 1.04. The Balaban J connectivity index is 3.51. The minimum absolute atomic E-state index is 0.224. The van der Waals surface area contributed by atoms with Gasteiger partial charge in [-0.1, -0.05) is 19.8 Å². The van der Waals surface area contributed by atoms with E-state index in [0.29, 0.717) is 0 Å². The number of ether oxygens (including phenoxy) is 1. The van der Waals surface area contributed by atoms with Crippen molar-refractivity contribution in [3.8, 4) is 0 Å². The van der Waals surface area contributed by atoms with Gasteiger partial charge >= 0.3 is 5.97 Å². The second kappa shape index (κ2) is 8.01. The van der Waals surface area contributed by atoms with Gasteiger partial charge in [0.05, 0.1) is 6.61 Å². The quantitative estimate of drug-likeness (QED) is 0.556. The number of hydrogen-bond acceptors (Lipinski definition) is 3. The molecule has 0 fully saturated rings. The van der Waals surface area contributed by atoms with Crippen molar-refractivity contribution in [3.63, 3.8) is 0 Å². The van der Waals surface area contributed by atoms with Crippen molar-refractivity contribution in [2.24, 2.45) is 0 Å². The van der Waals surface area contributed by atoms with Gasteiger partial charge in [-0.25, -0.2) is 0 Å². The van der Waals surface area contributed by atoms with Crippen LogP contribution in [0.25, 0.3) is 0 Å². The van der Waals surface area contributed by atoms with Gasteiger partial charge in [0.1, 0.15) is 6.04 Å². The molecule has 2 N–H and O–H groups in total. The Morgan fingerprint density at radius 1 is 1.54 bits per heavy atom. The van der Waals surface area contributed by atoms with E-state index in [0.717, 1.165) is 25.8 Å². The number of nitrogens with one attached hydrogen (secondary N) is 1. The first kappa shape index (κ1) is 12.4. The molecule has 0 heterocycles. The second-order valence-corrected chi connectivity index (χ2v) is 3.01. The first-order valence-electron chi connectivity index (χ1n) is 4.67. The monoisotopic (exact) mass is 189 g/mol. The molecule has 0 aromatic heterocycles. The lowest BCUT2D eigenvalue weighted by Crippen LogP contribution is -2.40. The van der Waals surface area contributed by atoms with Gasteiger partial charge in [-0.2, -0.15) is 0 Å². The summed E-state index contributed by atoms with van der Waals surface area (Å²) in [5, 5.41) is 11.6. The fraction of sp³-hybridized carbons (Fsp3) is 0.889. The predicted octanol–water partition coefficient (Wildman–Crippen LogP) is 0.866. The van der Waals surface area contributed by atoms with Crippen LogP contribution in [0.1, 0.15) is 26.2 Å². The topological polar surface area (TPSA) is 58.6 Å². The van der Waals surface area contributed by atoms with Gasteiger partial charge in [-0.05, 0) is 13.0 Å². The predicted molar refractivity (Wildman–Crippen MR) is 50.8 cm³/mol. The van der Waals surface area contributed by atoms with Crippen LogP contribution in [0.5, 0.6) is 0 Å². The SMILES string of the molecule is CCCCCNC(COC)C(=O)O. The third-order valence-corrected chi connectivity index (χ3v) is 1.80. The summed E-state index contributed by atoms with van der Waals surface area (Å²) in [7, 11) is 1.50. The number of methoxy groups -OCH3 is 1. The van der Waals surface area contributed by atoms with E-state index < -0.39 is 12.0 Å². The van der Waals surface area contributed by atoms with Crippen LogP contribution in [0.2, 0.25) is 0 Å². The summed E-state index contributed by atoms with van der Waals surface area (Å²) in [5.74, 6) is -0.849. The smallest absolute Gasteiger partial charge is 0.323 e. The molecule has 0 spiro atoms. The molecule has 0 aromatic carbocycles. The third kappa shape index (κ3) is 6.54. The summed E-state index contributed by atoms with van der Waals surface area (Å²) in [4.78, 5) is 10.6. The highest BCUT2D eigenvalue weighted by Crippen LogP contribution is 1.93. The van der Waals surface area contributed by atoms with E-state index in [2.05, 4.69) is 12.2 Å². The number of unbranched alkanes of at least 4 members (excludes halogenated alkanes) is 2. The third-order valence-electron chi connectivity index (χ3n) is 1.80. The van der Waals surface area contributed by atoms with E-state index in [1.807, 2.05) is 0 Å². The van der Waals surface area contributed by atoms with Crippen LogP contribution in [-0.2, 0) is 9.53 Å². The van der Waals surface area contributed by atoms with Gasteiger partial charge in [0.2, 0.25) is 0 Å². The molecule has 0 bridgehead atoms. The van der Waals surface area contributed by atoms with Crippen LogP contribution in [-0.4, -0.2) is 37.4 Å². The van der Waals surface area contributed by atoms with Crippen molar-refractivity contribution in [3.05, 3.63) is 0 Å². The Kier molecular flexibility index (Phi) is 7.63. The highest BCUT2D eigenvalue weighted by molar-refractivity contribution is 5.73. The molecular formula is C9H19NO3. The molecule has 78 valence electrons. The lowest BCUT2D eigenvalue weighted by atomic mass is 10.2. The zero-order chi connectivity index (χ0) is 10.1. The molecule has 0 amide bonds. The van der Waals surface area contributed by atoms with Gasteiger partial charge in [-0.15, -0.1) is 0 Å². The summed E-state index contributed by atoms with van der Waals surface area (Å²) in [5.41, 5.74) is 0. The summed E-state index contributed by atoms with van der Waals surface area (Å²) < 4.78 is 4.78. The van der Waals surface area contributed by atoms with Gasteiger partial charge in [0, 0.05) is 7.11 Å². The van der Waals surface area contributed by atoms with E-state index in [1.54, 1.807) is 0 Å². The molecule has 0 saturated heterocycles. The molecule has 13 heavy (non-hydrogen) atoms. The van der Waals surface area contributed by atoms with E-state index >= 15 is 0 Å². The first-order chi connectivity index (χ1) is 6.22. The minimum atomic E-state index is -0.849. The Bertz CT molecular complexity index is 139. The summed E-state index contributed by atoms with van der Waals surface area (Å²) in [6, 6.07) is -0.568. The highest BCUT2D eigenvalue weighted by atomic mass is 16.5. The van der Waals surface area contributed by atoms with E-state index in [9.17, 15) is 4.79 Å². The summed E-state index contributed by atoms with van der Waals surface area (Å²) >= 11 is 0. The van der Waals surface area contributed by atoms with Gasteiger partial charge in [-0.3, -0.25) is 4.79 Å². The van der Waals surface area contributed by atoms with Crippen molar-refractivity contribution in [1.29, 1.82) is 0 Å². The lowest BCUT2D eigenvalue weighted by Gasteiger charge is -2.12. The molecule has 4 heteroatoms. The van der Waals surface area contributed by atoms with Gasteiger partial charge in [0.25, 0.3) is 0 Å². The Morgan fingerprint density at radius 3 is 2.69 bits per heavy atom. The van der Waals surface area contributed by atoms with Crippen molar-refractivity contribution >= 4 is 5.97 Å². The average molecular weight is 189 g/mol. The number of rotatable bonds is 8. The van der Waals surface area contributed by atoms with Crippen LogP contribution < -0.4 is 5.32 Å². The van der Waals surface area contributed by atoms with Crippen molar-refractivity contribution in [1.82, 2.24) is 5.32 Å². The fourth-order valence-electron chi connectivity index (χ4n) is 1.04. The number of hydrogen-bond donors (Lipinski definition) is 2. The average Bonchev–Trinajstić information content (AvgIpc) is 2.10. The molecule has 0 aromatic rings. The van der Waals surface area contributed by atoms with E-state index in [1.165, 1.54) is 7.11 Å². The highest BCUT2D eigenvalue weighted by Gasteiger charge is 2.15. The molecule has 4 nitrogen and oxygen atoms in total. The molecule has 0 aliphatic heterocycles. The largest absolute Gasteiger partial charge is 0.480 e. The van der Waals surface area contributed by atoms with Gasteiger partial charge in [0.15, 0.2) is 0 Å². The van der Waals surface area contributed by atoms with Crippen LogP contribution in [0.15, 0.2) is 0 Å². The molecular weight excluding hydrogens is 170 g/mol. The maximum Gasteiger partial charge on any atom is 0.323 e. The number of aliphatic carboxylic acids is 1. The standard InChI is InChI=1S/C9H19NO3/c1-3-4-5-6-10-8(7-13-2)9(11)12/h8,10H,3-7H2,1-2H3,(H,11,12). The number of carboxylic acids is 1. The van der Waals surface area contributed by atoms with Crippen molar-refractivity contribution in [2.45, 2.75) is 32.2 Å². The second-order valence-electron chi connectivity index (χ2n) is 3.01. The van der Waals surface area contributed by atoms with Gasteiger partial charge < -0.3 is 15.2 Å². The van der Waals surface area contributed by atoms with Crippen molar-refractivity contribution in [2.75, 3.05) is 20.3 Å². The summed E-state index contributed by atoms with van der Waals surface area (Å²) in [6.45, 7) is 3.08. The Morgan fingerprint density at radius 2 is 2.23 bits per heavy atom. The molecule has 0 radical (unpaired) electrons. The van der Waals surface area contributed by atoms with Crippen LogP contribution in [0, 0.1) is 0 Å². The van der Waals surface area contributed by atoms with Crippen LogP contribution >= 0.6 is 0 Å². The number of carboxylic acid groups (broad SMARTS) is 1. The molecule has 0 rings (SSSR count). The van der Waals surface area contributed by atoms with Crippen LogP contribution in [0.4, 0.5) is 0 Å².